The van der Waals surface area contributed by atoms with E-state index in [0.29, 0.717) is 19.0 Å². The summed E-state index contributed by atoms with van der Waals surface area (Å²) >= 11 is 0. The predicted molar refractivity (Wildman–Crippen MR) is 60.4 cm³/mol. The Morgan fingerprint density at radius 1 is 1.40 bits per heavy atom. The van der Waals surface area contributed by atoms with Crippen molar-refractivity contribution in [3.63, 3.8) is 0 Å². The summed E-state index contributed by atoms with van der Waals surface area (Å²) in [5.41, 5.74) is 0. The fourth-order valence-corrected chi connectivity index (χ4v) is 2.58. The Hall–Kier alpha value is -0.420. The van der Waals surface area contributed by atoms with Crippen molar-refractivity contribution in [2.45, 2.75) is 32.4 Å². The molecule has 0 saturated carbocycles. The topological polar surface area (TPSA) is 63.6 Å². The van der Waals surface area contributed by atoms with Gasteiger partial charge in [-0.3, -0.25) is 9.00 Å². The SMILES string of the molecule is CCCOCCS(=O)C(C(=O)O)C(C)C. The fourth-order valence-electron chi connectivity index (χ4n) is 1.22. The fraction of sp³-hybridized carbons (Fsp3) is 0.900. The molecule has 0 heterocycles. The number of carboxylic acids is 1. The Kier molecular flexibility index (Phi) is 7.60. The molecule has 1 N–H and O–H groups in total. The van der Waals surface area contributed by atoms with Crippen molar-refractivity contribution < 1.29 is 18.8 Å². The number of aliphatic carboxylic acids is 1. The van der Waals surface area contributed by atoms with Crippen molar-refractivity contribution in [1.82, 2.24) is 0 Å². The van der Waals surface area contributed by atoms with Crippen LogP contribution in [-0.2, 0) is 20.3 Å². The Labute approximate surface area is 93.5 Å². The van der Waals surface area contributed by atoms with Crippen LogP contribution in [0.5, 0.6) is 0 Å². The summed E-state index contributed by atoms with van der Waals surface area (Å²) in [5, 5.41) is 8.10. The van der Waals surface area contributed by atoms with E-state index in [1.165, 1.54) is 0 Å². The van der Waals surface area contributed by atoms with E-state index < -0.39 is 22.0 Å². The van der Waals surface area contributed by atoms with Crippen LogP contribution >= 0.6 is 0 Å². The van der Waals surface area contributed by atoms with E-state index in [-0.39, 0.29) is 5.92 Å². The lowest BCUT2D eigenvalue weighted by Gasteiger charge is -2.15. The highest BCUT2D eigenvalue weighted by Gasteiger charge is 2.27. The van der Waals surface area contributed by atoms with Crippen LogP contribution in [0.3, 0.4) is 0 Å². The molecule has 4 nitrogen and oxygen atoms in total. The van der Waals surface area contributed by atoms with Gasteiger partial charge in [-0.25, -0.2) is 0 Å². The second-order valence-corrected chi connectivity index (χ2v) is 5.38. The van der Waals surface area contributed by atoms with Crippen molar-refractivity contribution in [1.29, 1.82) is 0 Å². The van der Waals surface area contributed by atoms with E-state index >= 15 is 0 Å². The molecule has 0 aliphatic rings. The molecular formula is C10H20O4S. The first-order valence-electron chi connectivity index (χ1n) is 5.18. The largest absolute Gasteiger partial charge is 0.480 e. The first kappa shape index (κ1) is 14.6. The highest BCUT2D eigenvalue weighted by molar-refractivity contribution is 7.86. The highest BCUT2D eigenvalue weighted by Crippen LogP contribution is 2.10. The van der Waals surface area contributed by atoms with Crippen LogP contribution < -0.4 is 0 Å². The maximum Gasteiger partial charge on any atom is 0.319 e. The van der Waals surface area contributed by atoms with Crippen LogP contribution in [0.25, 0.3) is 0 Å². The standard InChI is InChI=1S/C10H20O4S/c1-4-5-14-6-7-15(13)9(8(2)3)10(11)12/h8-9H,4-7H2,1-3H3,(H,11,12). The average Bonchev–Trinajstić information content (AvgIpc) is 2.11. The van der Waals surface area contributed by atoms with Gasteiger partial charge in [0.1, 0.15) is 5.25 Å². The smallest absolute Gasteiger partial charge is 0.319 e. The summed E-state index contributed by atoms with van der Waals surface area (Å²) in [4.78, 5) is 10.8. The van der Waals surface area contributed by atoms with Crippen molar-refractivity contribution in [3.8, 4) is 0 Å². The summed E-state index contributed by atoms with van der Waals surface area (Å²) in [6.45, 7) is 6.53. The van der Waals surface area contributed by atoms with Gasteiger partial charge < -0.3 is 9.84 Å². The summed E-state index contributed by atoms with van der Waals surface area (Å²) in [6.07, 6.45) is 0.916. The van der Waals surface area contributed by atoms with E-state index in [1.54, 1.807) is 13.8 Å². The lowest BCUT2D eigenvalue weighted by Crippen LogP contribution is -2.33. The second-order valence-electron chi connectivity index (χ2n) is 3.70. The number of hydrogen-bond donors (Lipinski definition) is 1. The maximum atomic E-state index is 11.6. The molecule has 15 heavy (non-hydrogen) atoms. The van der Waals surface area contributed by atoms with E-state index in [1.807, 2.05) is 6.92 Å². The van der Waals surface area contributed by atoms with Crippen LogP contribution in [0.4, 0.5) is 0 Å². The summed E-state index contributed by atoms with van der Waals surface area (Å²) in [6, 6.07) is 0. The quantitative estimate of drug-likeness (QED) is 0.645. The van der Waals surface area contributed by atoms with Gasteiger partial charge in [0, 0.05) is 23.2 Å². The molecule has 0 aromatic rings. The number of rotatable bonds is 8. The minimum atomic E-state index is -1.35. The van der Waals surface area contributed by atoms with E-state index in [4.69, 9.17) is 9.84 Å². The Morgan fingerprint density at radius 3 is 2.40 bits per heavy atom. The second kappa shape index (κ2) is 7.82. The van der Waals surface area contributed by atoms with Crippen molar-refractivity contribution in [3.05, 3.63) is 0 Å². The molecule has 0 aliphatic heterocycles. The third-order valence-corrected chi connectivity index (χ3v) is 3.79. The van der Waals surface area contributed by atoms with Crippen LogP contribution in [0, 0.1) is 5.92 Å². The number of ether oxygens (including phenoxy) is 1. The molecule has 5 heteroatoms. The lowest BCUT2D eigenvalue weighted by atomic mass is 10.1. The predicted octanol–water partition coefficient (Wildman–Crippen LogP) is 1.27. The number of carboxylic acid groups (broad SMARTS) is 1. The number of hydrogen-bond acceptors (Lipinski definition) is 3. The molecule has 0 aromatic heterocycles. The van der Waals surface area contributed by atoms with Gasteiger partial charge in [0.15, 0.2) is 0 Å². The number of carbonyl (C=O) groups is 1. The van der Waals surface area contributed by atoms with Gasteiger partial charge in [0.2, 0.25) is 0 Å². The third kappa shape index (κ3) is 5.89. The minimum Gasteiger partial charge on any atom is -0.480 e. The Bertz CT molecular complexity index is 215. The van der Waals surface area contributed by atoms with E-state index in [2.05, 4.69) is 0 Å². The molecule has 0 rings (SSSR count). The first-order valence-corrected chi connectivity index (χ1v) is 6.56. The third-order valence-electron chi connectivity index (χ3n) is 1.91. The monoisotopic (exact) mass is 236 g/mol. The van der Waals surface area contributed by atoms with Gasteiger partial charge in [-0.15, -0.1) is 0 Å². The van der Waals surface area contributed by atoms with Crippen LogP contribution in [-0.4, -0.2) is 39.5 Å². The molecule has 0 amide bonds. The van der Waals surface area contributed by atoms with Gasteiger partial charge in [-0.1, -0.05) is 20.8 Å². The zero-order chi connectivity index (χ0) is 11.8. The summed E-state index contributed by atoms with van der Waals surface area (Å²) in [7, 11) is -1.35. The van der Waals surface area contributed by atoms with Crippen molar-refractivity contribution in [2.75, 3.05) is 19.0 Å². The van der Waals surface area contributed by atoms with Gasteiger partial charge >= 0.3 is 5.97 Å². The van der Waals surface area contributed by atoms with Gasteiger partial charge in [0.25, 0.3) is 0 Å². The summed E-state index contributed by atoms with van der Waals surface area (Å²) in [5.74, 6) is -0.803. The zero-order valence-corrected chi connectivity index (χ0v) is 10.4. The van der Waals surface area contributed by atoms with Gasteiger partial charge in [-0.05, 0) is 12.3 Å². The molecule has 2 unspecified atom stereocenters. The van der Waals surface area contributed by atoms with Crippen LogP contribution in [0.2, 0.25) is 0 Å². The molecule has 0 aromatic carbocycles. The molecule has 0 bridgehead atoms. The lowest BCUT2D eigenvalue weighted by molar-refractivity contribution is -0.137. The molecule has 0 aliphatic carbocycles. The molecule has 0 saturated heterocycles. The van der Waals surface area contributed by atoms with Gasteiger partial charge in [0.05, 0.1) is 6.61 Å². The normalized spacial score (nSPS) is 15.2. The first-order chi connectivity index (χ1) is 7.00. The van der Waals surface area contributed by atoms with E-state index in [0.717, 1.165) is 6.42 Å². The zero-order valence-electron chi connectivity index (χ0n) is 9.56. The minimum absolute atomic E-state index is 0.116. The Morgan fingerprint density at radius 2 is 2.00 bits per heavy atom. The molecule has 0 radical (unpaired) electrons. The van der Waals surface area contributed by atoms with E-state index in [9.17, 15) is 9.00 Å². The maximum absolute atomic E-state index is 11.6. The van der Waals surface area contributed by atoms with Gasteiger partial charge in [-0.2, -0.15) is 0 Å². The van der Waals surface area contributed by atoms with Crippen LogP contribution in [0.15, 0.2) is 0 Å². The molecule has 0 fully saturated rings. The Balaban J connectivity index is 3.99. The molecule has 2 atom stereocenters. The molecule has 90 valence electrons. The summed E-state index contributed by atoms with van der Waals surface area (Å²) < 4.78 is 16.8. The molecule has 0 spiro atoms. The van der Waals surface area contributed by atoms with Crippen molar-refractivity contribution >= 4 is 16.8 Å². The van der Waals surface area contributed by atoms with Crippen LogP contribution in [0.1, 0.15) is 27.2 Å². The molecular weight excluding hydrogens is 216 g/mol. The highest BCUT2D eigenvalue weighted by atomic mass is 32.2. The van der Waals surface area contributed by atoms with Crippen molar-refractivity contribution in [2.24, 2.45) is 5.92 Å². The average molecular weight is 236 g/mol.